The zero-order valence-electron chi connectivity index (χ0n) is 11.6. The second-order valence-corrected chi connectivity index (χ2v) is 5.97. The lowest BCUT2D eigenvalue weighted by Crippen LogP contribution is -1.97. The van der Waals surface area contributed by atoms with Gasteiger partial charge in [0.1, 0.15) is 18.9 Å². The van der Waals surface area contributed by atoms with Gasteiger partial charge in [0.05, 0.1) is 10.5 Å². The number of nitrogens with zero attached hydrogens (tertiary/aromatic N) is 2. The minimum Gasteiger partial charge on any atom is -0.504 e. The zero-order valence-corrected chi connectivity index (χ0v) is 13.1. The van der Waals surface area contributed by atoms with Crippen molar-refractivity contribution < 1.29 is 14.3 Å². The maximum Gasteiger partial charge on any atom is 0.215 e. The Bertz CT molecular complexity index is 841. The summed E-state index contributed by atoms with van der Waals surface area (Å²) < 4.78 is 5.12. The van der Waals surface area contributed by atoms with Crippen molar-refractivity contribution >= 4 is 34.9 Å². The van der Waals surface area contributed by atoms with Gasteiger partial charge < -0.3 is 9.52 Å². The van der Waals surface area contributed by atoms with Gasteiger partial charge in [-0.05, 0) is 24.3 Å². The smallest absolute Gasteiger partial charge is 0.215 e. The average Bonchev–Trinajstić information content (AvgIpc) is 3.20. The number of carbonyl (C=O) groups excluding carboxylic acids is 1. The van der Waals surface area contributed by atoms with Crippen molar-refractivity contribution in [1.29, 1.82) is 0 Å². The van der Waals surface area contributed by atoms with Crippen LogP contribution in [0.4, 0.5) is 0 Å². The summed E-state index contributed by atoms with van der Waals surface area (Å²) in [5.41, 5.74) is 0.340. The maximum atomic E-state index is 12.3. The minimum atomic E-state index is -0.405. The van der Waals surface area contributed by atoms with Gasteiger partial charge in [0.2, 0.25) is 5.82 Å². The molecule has 2 aromatic heterocycles. The molecular formula is C15H10ClN3O3S. The van der Waals surface area contributed by atoms with Gasteiger partial charge in [0.25, 0.3) is 0 Å². The van der Waals surface area contributed by atoms with Crippen molar-refractivity contribution in [2.45, 2.75) is 9.79 Å². The maximum absolute atomic E-state index is 12.3. The summed E-state index contributed by atoms with van der Waals surface area (Å²) in [7, 11) is 0. The summed E-state index contributed by atoms with van der Waals surface area (Å²) in [6.07, 6.45) is 5.18. The van der Waals surface area contributed by atoms with E-state index in [1.807, 2.05) is 12.1 Å². The lowest BCUT2D eigenvalue weighted by molar-refractivity contribution is 0.104. The van der Waals surface area contributed by atoms with Gasteiger partial charge in [-0.2, -0.15) is 5.10 Å². The van der Waals surface area contributed by atoms with Gasteiger partial charge in [-0.1, -0.05) is 23.4 Å². The molecule has 1 aromatic carbocycles. The van der Waals surface area contributed by atoms with E-state index in [0.29, 0.717) is 15.5 Å². The van der Waals surface area contributed by atoms with Crippen LogP contribution in [0.25, 0.3) is 5.76 Å². The Balaban J connectivity index is 1.81. The third kappa shape index (κ3) is 3.64. The Morgan fingerprint density at radius 3 is 2.78 bits per heavy atom. The van der Waals surface area contributed by atoms with Crippen LogP contribution in [-0.2, 0) is 0 Å². The normalized spacial score (nSPS) is 11.6. The van der Waals surface area contributed by atoms with E-state index in [1.165, 1.54) is 30.6 Å². The number of hydrogen-bond donors (Lipinski definition) is 2. The number of H-pyrrole nitrogens is 1. The summed E-state index contributed by atoms with van der Waals surface area (Å²) in [5, 5.41) is 16.6. The topological polar surface area (TPSA) is 92.0 Å². The van der Waals surface area contributed by atoms with Crippen LogP contribution in [-0.4, -0.2) is 26.1 Å². The van der Waals surface area contributed by atoms with Crippen molar-refractivity contribution in [3.63, 3.8) is 0 Å². The fraction of sp³-hybridized carbons (Fsp3) is 0. The summed E-state index contributed by atoms with van der Waals surface area (Å²) in [6, 6.07) is 7.21. The average molecular weight is 348 g/mol. The van der Waals surface area contributed by atoms with E-state index in [4.69, 9.17) is 16.0 Å². The predicted molar refractivity (Wildman–Crippen MR) is 85.6 cm³/mol. The summed E-state index contributed by atoms with van der Waals surface area (Å²) >= 11 is 7.21. The molecule has 0 saturated heterocycles. The Morgan fingerprint density at radius 1 is 1.30 bits per heavy atom. The van der Waals surface area contributed by atoms with E-state index in [0.717, 1.165) is 11.0 Å². The summed E-state index contributed by atoms with van der Waals surface area (Å²) in [4.78, 5) is 17.6. The molecular weight excluding hydrogens is 338 g/mol. The molecule has 0 radical (unpaired) electrons. The van der Waals surface area contributed by atoms with Gasteiger partial charge in [0.15, 0.2) is 11.5 Å². The molecule has 0 bridgehead atoms. The first kappa shape index (κ1) is 15.4. The molecule has 0 spiro atoms. The SMILES string of the molecule is O=C(C=C(O)c1nc[nH]n1)c1cocc1Sc1ccc(Cl)cc1. The number of ketones is 1. The zero-order chi connectivity index (χ0) is 16.2. The Morgan fingerprint density at radius 2 is 2.09 bits per heavy atom. The van der Waals surface area contributed by atoms with Crippen LogP contribution in [0.5, 0.6) is 0 Å². The number of rotatable bonds is 5. The van der Waals surface area contributed by atoms with Crippen molar-refractivity contribution in [1.82, 2.24) is 15.2 Å². The molecule has 2 heterocycles. The van der Waals surface area contributed by atoms with Crippen molar-refractivity contribution in [3.8, 4) is 0 Å². The van der Waals surface area contributed by atoms with Crippen LogP contribution in [0.15, 0.2) is 63.4 Å². The van der Waals surface area contributed by atoms with Crippen LogP contribution in [0.1, 0.15) is 16.2 Å². The lowest BCUT2D eigenvalue weighted by Gasteiger charge is -2.01. The number of aromatic amines is 1. The highest BCUT2D eigenvalue weighted by Gasteiger charge is 2.15. The molecule has 3 rings (SSSR count). The number of allylic oxidation sites excluding steroid dienone is 1. The number of aliphatic hydroxyl groups excluding tert-OH is 1. The molecule has 2 N–H and O–H groups in total. The van der Waals surface area contributed by atoms with Crippen LogP contribution < -0.4 is 0 Å². The Hall–Kier alpha value is -2.51. The highest BCUT2D eigenvalue weighted by molar-refractivity contribution is 7.99. The number of carbonyl (C=O) groups is 1. The summed E-state index contributed by atoms with van der Waals surface area (Å²) in [5.74, 6) is -0.675. The first-order chi connectivity index (χ1) is 11.1. The number of furan rings is 1. The molecule has 8 heteroatoms. The Labute approximate surface area is 140 Å². The van der Waals surface area contributed by atoms with E-state index in [9.17, 15) is 9.90 Å². The lowest BCUT2D eigenvalue weighted by atomic mass is 10.2. The quantitative estimate of drug-likeness (QED) is 0.412. The molecule has 23 heavy (non-hydrogen) atoms. The molecule has 0 amide bonds. The molecule has 116 valence electrons. The minimum absolute atomic E-state index is 0.0498. The standard InChI is InChI=1S/C15H10ClN3O3S/c16-9-1-3-10(4-2-9)23-14-7-22-6-11(14)12(20)5-13(21)15-17-8-18-19-15/h1-8,21H,(H,17,18,19). The molecule has 0 atom stereocenters. The van der Waals surface area contributed by atoms with Gasteiger partial charge in [0, 0.05) is 16.0 Å². The molecule has 6 nitrogen and oxygen atoms in total. The Kier molecular flexibility index (Phi) is 4.50. The van der Waals surface area contributed by atoms with E-state index < -0.39 is 5.78 Å². The fourth-order valence-corrected chi connectivity index (χ4v) is 2.79. The van der Waals surface area contributed by atoms with Crippen molar-refractivity contribution in [2.75, 3.05) is 0 Å². The summed E-state index contributed by atoms with van der Waals surface area (Å²) in [6.45, 7) is 0. The van der Waals surface area contributed by atoms with Gasteiger partial charge in [-0.3, -0.25) is 9.89 Å². The number of aromatic nitrogens is 3. The van der Waals surface area contributed by atoms with Crippen molar-refractivity contribution in [3.05, 3.63) is 65.6 Å². The van der Waals surface area contributed by atoms with E-state index >= 15 is 0 Å². The number of halogens is 1. The molecule has 3 aromatic rings. The molecule has 0 aliphatic heterocycles. The van der Waals surface area contributed by atoms with E-state index in [-0.39, 0.29) is 11.6 Å². The fourth-order valence-electron chi connectivity index (χ4n) is 1.77. The third-order valence-corrected chi connectivity index (χ3v) is 4.14. The second kappa shape index (κ2) is 6.72. The van der Waals surface area contributed by atoms with Crippen LogP contribution in [0.2, 0.25) is 5.02 Å². The van der Waals surface area contributed by atoms with E-state index in [1.54, 1.807) is 12.1 Å². The largest absolute Gasteiger partial charge is 0.504 e. The first-order valence-corrected chi connectivity index (χ1v) is 7.63. The highest BCUT2D eigenvalue weighted by atomic mass is 35.5. The number of nitrogens with one attached hydrogen (secondary N) is 1. The molecule has 0 aliphatic carbocycles. The molecule has 0 unspecified atom stereocenters. The highest BCUT2D eigenvalue weighted by Crippen LogP contribution is 2.32. The number of aliphatic hydroxyl groups is 1. The van der Waals surface area contributed by atoms with Crippen LogP contribution in [0.3, 0.4) is 0 Å². The predicted octanol–water partition coefficient (Wildman–Crippen LogP) is 3.98. The monoisotopic (exact) mass is 347 g/mol. The first-order valence-electron chi connectivity index (χ1n) is 6.44. The van der Waals surface area contributed by atoms with E-state index in [2.05, 4.69) is 15.2 Å². The van der Waals surface area contributed by atoms with Crippen LogP contribution in [0, 0.1) is 0 Å². The molecule has 0 saturated carbocycles. The third-order valence-electron chi connectivity index (χ3n) is 2.85. The van der Waals surface area contributed by atoms with Crippen LogP contribution >= 0.6 is 23.4 Å². The number of hydrogen-bond acceptors (Lipinski definition) is 6. The van der Waals surface area contributed by atoms with Gasteiger partial charge in [-0.25, -0.2) is 4.98 Å². The van der Waals surface area contributed by atoms with Gasteiger partial charge in [-0.15, -0.1) is 0 Å². The van der Waals surface area contributed by atoms with Crippen molar-refractivity contribution in [2.24, 2.45) is 0 Å². The van der Waals surface area contributed by atoms with Gasteiger partial charge >= 0.3 is 0 Å². The second-order valence-electron chi connectivity index (χ2n) is 4.42. The molecule has 0 aliphatic rings. The number of benzene rings is 1. The molecule has 0 fully saturated rings.